The van der Waals surface area contributed by atoms with Crippen molar-refractivity contribution < 1.29 is 4.74 Å². The summed E-state index contributed by atoms with van der Waals surface area (Å²) in [6.07, 6.45) is 4.24. The molecule has 3 aromatic rings. The molecule has 6 nitrogen and oxygen atoms in total. The van der Waals surface area contributed by atoms with E-state index in [0.29, 0.717) is 5.92 Å². The smallest absolute Gasteiger partial charge is 0.182 e. The van der Waals surface area contributed by atoms with Gasteiger partial charge in [0.25, 0.3) is 0 Å². The van der Waals surface area contributed by atoms with Crippen LogP contribution in [0.5, 0.6) is 5.75 Å². The van der Waals surface area contributed by atoms with Crippen molar-refractivity contribution in [2.45, 2.75) is 52.0 Å². The highest BCUT2D eigenvalue weighted by Gasteiger charge is 2.41. The Morgan fingerprint density at radius 2 is 1.76 bits per heavy atom. The second kappa shape index (κ2) is 7.85. The normalized spacial score (nSPS) is 21.7. The average molecular weight is 392 g/mol. The van der Waals surface area contributed by atoms with Crippen LogP contribution in [0.4, 0.5) is 5.69 Å². The molecule has 0 saturated heterocycles. The van der Waals surface area contributed by atoms with E-state index in [-0.39, 0.29) is 5.54 Å². The summed E-state index contributed by atoms with van der Waals surface area (Å²) in [4.78, 5) is 0. The van der Waals surface area contributed by atoms with Gasteiger partial charge in [0.2, 0.25) is 0 Å². The fourth-order valence-corrected chi connectivity index (χ4v) is 4.44. The number of tetrazole rings is 1. The Bertz CT molecular complexity index is 968. The van der Waals surface area contributed by atoms with Gasteiger partial charge in [-0.3, -0.25) is 0 Å². The van der Waals surface area contributed by atoms with E-state index in [1.165, 1.54) is 11.1 Å². The Morgan fingerprint density at radius 1 is 1.07 bits per heavy atom. The highest BCUT2D eigenvalue weighted by molar-refractivity contribution is 5.52. The van der Waals surface area contributed by atoms with Crippen molar-refractivity contribution >= 4 is 5.69 Å². The zero-order valence-corrected chi connectivity index (χ0v) is 17.6. The third-order valence-electron chi connectivity index (χ3n) is 5.94. The molecule has 1 aliphatic carbocycles. The Balaban J connectivity index is 1.80. The second-order valence-corrected chi connectivity index (χ2v) is 8.35. The summed E-state index contributed by atoms with van der Waals surface area (Å²) in [6.45, 7) is 6.59. The van der Waals surface area contributed by atoms with Gasteiger partial charge in [0.15, 0.2) is 5.82 Å². The molecule has 1 aromatic heterocycles. The van der Waals surface area contributed by atoms with Crippen LogP contribution >= 0.6 is 0 Å². The molecule has 1 saturated carbocycles. The molecule has 2 aromatic carbocycles. The number of benzene rings is 2. The number of aromatic nitrogens is 4. The summed E-state index contributed by atoms with van der Waals surface area (Å²) >= 11 is 0. The maximum atomic E-state index is 5.57. The summed E-state index contributed by atoms with van der Waals surface area (Å²) in [5.41, 5.74) is 4.14. The average Bonchev–Trinajstić information content (AvgIpc) is 3.19. The largest absolute Gasteiger partial charge is 0.494 e. The molecular formula is C23H29N5O. The maximum Gasteiger partial charge on any atom is 0.182 e. The third-order valence-corrected chi connectivity index (χ3v) is 5.94. The number of aryl methyl sites for hydroxylation is 2. The molecule has 0 aliphatic heterocycles. The van der Waals surface area contributed by atoms with Crippen molar-refractivity contribution in [3.63, 3.8) is 0 Å². The summed E-state index contributed by atoms with van der Waals surface area (Å²) in [5, 5.41) is 16.8. The first kappa shape index (κ1) is 19.4. The molecule has 0 amide bonds. The van der Waals surface area contributed by atoms with Gasteiger partial charge in [0, 0.05) is 5.69 Å². The quantitative estimate of drug-likeness (QED) is 0.676. The van der Waals surface area contributed by atoms with Crippen LogP contribution in [0.25, 0.3) is 5.69 Å². The van der Waals surface area contributed by atoms with Crippen LogP contribution in [0, 0.1) is 19.8 Å². The number of nitrogens with one attached hydrogen (secondary N) is 1. The monoisotopic (exact) mass is 391 g/mol. The minimum absolute atomic E-state index is 0.322. The SMILES string of the molecule is COc1ccccc1-n1nnnc1C1(Nc2cc(C)cc(C)c2)CCC(C)CC1. The standard InChI is InChI=1S/C23H29N5O/c1-16-9-11-23(12-10-16,24-19-14-17(2)13-18(3)15-19)22-25-26-27-28(22)20-7-5-6-8-21(20)29-4/h5-8,13-16,24H,9-12H2,1-4H3. The molecule has 152 valence electrons. The molecule has 0 atom stereocenters. The van der Waals surface area contributed by atoms with Crippen molar-refractivity contribution in [1.29, 1.82) is 0 Å². The zero-order valence-electron chi connectivity index (χ0n) is 17.6. The molecule has 0 spiro atoms. The van der Waals surface area contributed by atoms with Crippen molar-refractivity contribution in [1.82, 2.24) is 20.2 Å². The van der Waals surface area contributed by atoms with Gasteiger partial charge in [-0.1, -0.05) is 25.1 Å². The predicted octanol–water partition coefficient (Wildman–Crippen LogP) is 4.81. The lowest BCUT2D eigenvalue weighted by Crippen LogP contribution is -2.41. The zero-order chi connectivity index (χ0) is 20.4. The maximum absolute atomic E-state index is 5.57. The summed E-state index contributed by atoms with van der Waals surface area (Å²) in [7, 11) is 1.68. The number of ether oxygens (including phenoxy) is 1. The van der Waals surface area contributed by atoms with E-state index in [2.05, 4.69) is 59.8 Å². The molecule has 1 aliphatic rings. The number of nitrogens with zero attached hydrogens (tertiary/aromatic N) is 4. The van der Waals surface area contributed by atoms with Crippen molar-refractivity contribution in [3.05, 3.63) is 59.4 Å². The summed E-state index contributed by atoms with van der Waals surface area (Å²) in [5.74, 6) is 2.31. The number of methoxy groups -OCH3 is 1. The van der Waals surface area contributed by atoms with Crippen LogP contribution in [-0.4, -0.2) is 27.3 Å². The van der Waals surface area contributed by atoms with Crippen LogP contribution < -0.4 is 10.1 Å². The van der Waals surface area contributed by atoms with Crippen molar-refractivity contribution in [2.24, 2.45) is 5.92 Å². The molecule has 4 rings (SSSR count). The van der Waals surface area contributed by atoms with Crippen LogP contribution in [0.3, 0.4) is 0 Å². The Kier molecular flexibility index (Phi) is 5.26. The molecule has 0 bridgehead atoms. The van der Waals surface area contributed by atoms with Gasteiger partial charge < -0.3 is 10.1 Å². The lowest BCUT2D eigenvalue weighted by molar-refractivity contribution is 0.254. The molecule has 0 radical (unpaired) electrons. The third kappa shape index (κ3) is 3.84. The van der Waals surface area contributed by atoms with Gasteiger partial charge in [-0.25, -0.2) is 0 Å². The number of rotatable bonds is 5. The summed E-state index contributed by atoms with van der Waals surface area (Å²) in [6, 6.07) is 14.5. The first-order chi connectivity index (χ1) is 14.0. The van der Waals surface area contributed by atoms with Gasteiger partial charge in [-0.15, -0.1) is 5.10 Å². The van der Waals surface area contributed by atoms with Crippen molar-refractivity contribution in [2.75, 3.05) is 12.4 Å². The van der Waals surface area contributed by atoms with Gasteiger partial charge in [0.05, 0.1) is 12.6 Å². The Labute approximate surface area is 172 Å². The van der Waals surface area contributed by atoms with Gasteiger partial charge >= 0.3 is 0 Å². The first-order valence-electron chi connectivity index (χ1n) is 10.3. The Morgan fingerprint density at radius 3 is 2.45 bits per heavy atom. The van der Waals surface area contributed by atoms with E-state index in [1.807, 2.05) is 28.9 Å². The fourth-order valence-electron chi connectivity index (χ4n) is 4.44. The van der Waals surface area contributed by atoms with E-state index in [9.17, 15) is 0 Å². The van der Waals surface area contributed by atoms with Crippen LogP contribution in [-0.2, 0) is 5.54 Å². The van der Waals surface area contributed by atoms with Crippen LogP contribution in [0.1, 0.15) is 49.6 Å². The van der Waals surface area contributed by atoms with Crippen LogP contribution in [0.15, 0.2) is 42.5 Å². The number of para-hydroxylation sites is 2. The van der Waals surface area contributed by atoms with E-state index in [0.717, 1.165) is 48.6 Å². The lowest BCUT2D eigenvalue weighted by Gasteiger charge is -2.40. The Hall–Kier alpha value is -2.89. The molecule has 1 fully saturated rings. The van der Waals surface area contributed by atoms with E-state index >= 15 is 0 Å². The topological polar surface area (TPSA) is 64.9 Å². The van der Waals surface area contributed by atoms with Gasteiger partial charge in [0.1, 0.15) is 11.4 Å². The number of hydrogen-bond donors (Lipinski definition) is 1. The first-order valence-corrected chi connectivity index (χ1v) is 10.3. The lowest BCUT2D eigenvalue weighted by atomic mass is 9.76. The van der Waals surface area contributed by atoms with E-state index < -0.39 is 0 Å². The van der Waals surface area contributed by atoms with Gasteiger partial charge in [-0.05, 0) is 91.3 Å². The molecule has 0 unspecified atom stereocenters. The molecular weight excluding hydrogens is 362 g/mol. The minimum Gasteiger partial charge on any atom is -0.494 e. The molecule has 6 heteroatoms. The van der Waals surface area contributed by atoms with Crippen LogP contribution in [0.2, 0.25) is 0 Å². The molecule has 1 heterocycles. The van der Waals surface area contributed by atoms with E-state index in [1.54, 1.807) is 7.11 Å². The number of hydrogen-bond acceptors (Lipinski definition) is 5. The highest BCUT2D eigenvalue weighted by atomic mass is 16.5. The molecule has 1 N–H and O–H groups in total. The summed E-state index contributed by atoms with van der Waals surface area (Å²) < 4.78 is 7.41. The van der Waals surface area contributed by atoms with Crippen molar-refractivity contribution in [3.8, 4) is 11.4 Å². The second-order valence-electron chi connectivity index (χ2n) is 8.35. The molecule has 29 heavy (non-hydrogen) atoms. The predicted molar refractivity (Wildman–Crippen MR) is 115 cm³/mol. The highest BCUT2D eigenvalue weighted by Crippen LogP contribution is 2.42. The number of anilines is 1. The van der Waals surface area contributed by atoms with Gasteiger partial charge in [-0.2, -0.15) is 4.68 Å². The van der Waals surface area contributed by atoms with E-state index in [4.69, 9.17) is 4.74 Å². The fraction of sp³-hybridized carbons (Fsp3) is 0.435. The minimum atomic E-state index is -0.322.